The molecule has 0 radical (unpaired) electrons. The first kappa shape index (κ1) is 15.4. The van der Waals surface area contributed by atoms with Gasteiger partial charge in [-0.1, -0.05) is 0 Å². The van der Waals surface area contributed by atoms with E-state index in [0.29, 0.717) is 13.2 Å². The van der Waals surface area contributed by atoms with Gasteiger partial charge in [0.2, 0.25) is 0 Å². The Bertz CT molecular complexity index is 402. The number of nitrogen functional groups attached to an aromatic ring is 1. The van der Waals surface area contributed by atoms with Crippen LogP contribution in [0.4, 0.5) is 10.1 Å². The SMILES string of the molecule is CC(C)OCCCCNC(=O)c1cc(N)cc(F)c1. The third-order valence-corrected chi connectivity index (χ3v) is 2.49. The lowest BCUT2D eigenvalue weighted by Crippen LogP contribution is -2.25. The molecule has 0 saturated carbocycles. The Hall–Kier alpha value is -1.62. The molecule has 0 bridgehead atoms. The lowest BCUT2D eigenvalue weighted by molar-refractivity contribution is 0.0754. The number of halogens is 1. The lowest BCUT2D eigenvalue weighted by Gasteiger charge is -2.08. The summed E-state index contributed by atoms with van der Waals surface area (Å²) in [4.78, 5) is 11.7. The smallest absolute Gasteiger partial charge is 0.251 e. The zero-order valence-corrected chi connectivity index (χ0v) is 11.4. The van der Waals surface area contributed by atoms with Crippen molar-refractivity contribution in [2.24, 2.45) is 0 Å². The molecule has 0 aliphatic rings. The second kappa shape index (κ2) is 7.74. The first-order valence-corrected chi connectivity index (χ1v) is 6.45. The van der Waals surface area contributed by atoms with Crippen molar-refractivity contribution in [3.05, 3.63) is 29.6 Å². The van der Waals surface area contributed by atoms with E-state index < -0.39 is 5.82 Å². The van der Waals surface area contributed by atoms with Crippen LogP contribution in [0.25, 0.3) is 0 Å². The third-order valence-electron chi connectivity index (χ3n) is 2.49. The number of benzene rings is 1. The average Bonchev–Trinajstić information content (AvgIpc) is 2.31. The highest BCUT2D eigenvalue weighted by Gasteiger charge is 2.07. The van der Waals surface area contributed by atoms with E-state index in [1.807, 2.05) is 13.8 Å². The molecule has 1 amide bonds. The topological polar surface area (TPSA) is 64.3 Å². The van der Waals surface area contributed by atoms with Gasteiger partial charge in [0.25, 0.3) is 5.91 Å². The normalized spacial score (nSPS) is 10.7. The molecule has 0 unspecified atom stereocenters. The maximum atomic E-state index is 13.1. The number of carbonyl (C=O) groups excluding carboxylic acids is 1. The maximum Gasteiger partial charge on any atom is 0.251 e. The van der Waals surface area contributed by atoms with E-state index in [4.69, 9.17) is 10.5 Å². The predicted octanol–water partition coefficient (Wildman–Crippen LogP) is 2.34. The molecule has 0 aromatic heterocycles. The number of unbranched alkanes of at least 4 members (excludes halogenated alkanes) is 1. The summed E-state index contributed by atoms with van der Waals surface area (Å²) >= 11 is 0. The van der Waals surface area contributed by atoms with Crippen molar-refractivity contribution in [1.82, 2.24) is 5.32 Å². The predicted molar refractivity (Wildman–Crippen MR) is 73.5 cm³/mol. The molecule has 19 heavy (non-hydrogen) atoms. The van der Waals surface area contributed by atoms with Crippen LogP contribution in [0.2, 0.25) is 0 Å². The first-order valence-electron chi connectivity index (χ1n) is 6.45. The number of carbonyl (C=O) groups is 1. The van der Waals surface area contributed by atoms with Crippen LogP contribution in [0.3, 0.4) is 0 Å². The second-order valence-corrected chi connectivity index (χ2v) is 4.66. The first-order chi connectivity index (χ1) is 8.99. The van der Waals surface area contributed by atoms with Gasteiger partial charge >= 0.3 is 0 Å². The van der Waals surface area contributed by atoms with Gasteiger partial charge in [-0.2, -0.15) is 0 Å². The minimum atomic E-state index is -0.504. The fourth-order valence-corrected chi connectivity index (χ4v) is 1.59. The van der Waals surface area contributed by atoms with E-state index in [0.717, 1.165) is 12.8 Å². The molecule has 0 heterocycles. The van der Waals surface area contributed by atoms with Gasteiger partial charge in [0.15, 0.2) is 0 Å². The van der Waals surface area contributed by atoms with Gasteiger partial charge in [-0.05, 0) is 44.9 Å². The van der Waals surface area contributed by atoms with Gasteiger partial charge in [0.05, 0.1) is 6.10 Å². The number of rotatable bonds is 7. The van der Waals surface area contributed by atoms with E-state index in [2.05, 4.69) is 5.32 Å². The van der Waals surface area contributed by atoms with Crippen molar-refractivity contribution >= 4 is 11.6 Å². The number of hydrogen-bond acceptors (Lipinski definition) is 3. The van der Waals surface area contributed by atoms with Crippen molar-refractivity contribution < 1.29 is 13.9 Å². The molecule has 4 nitrogen and oxygen atoms in total. The van der Waals surface area contributed by atoms with Gasteiger partial charge in [0.1, 0.15) is 5.82 Å². The Balaban J connectivity index is 2.27. The molecule has 1 aromatic rings. The number of hydrogen-bond donors (Lipinski definition) is 2. The molecular weight excluding hydrogens is 247 g/mol. The second-order valence-electron chi connectivity index (χ2n) is 4.66. The van der Waals surface area contributed by atoms with Crippen LogP contribution in [0.15, 0.2) is 18.2 Å². The summed E-state index contributed by atoms with van der Waals surface area (Å²) in [5, 5.41) is 2.72. The molecule has 1 aromatic carbocycles. The summed E-state index contributed by atoms with van der Waals surface area (Å²) in [6.07, 6.45) is 1.93. The van der Waals surface area contributed by atoms with E-state index in [-0.39, 0.29) is 23.3 Å². The quantitative estimate of drug-likeness (QED) is 0.589. The Kier molecular flexibility index (Phi) is 6.29. The van der Waals surface area contributed by atoms with Crippen LogP contribution in [0, 0.1) is 5.82 Å². The number of anilines is 1. The highest BCUT2D eigenvalue weighted by Crippen LogP contribution is 2.10. The lowest BCUT2D eigenvalue weighted by atomic mass is 10.2. The van der Waals surface area contributed by atoms with Crippen molar-refractivity contribution in [1.29, 1.82) is 0 Å². The van der Waals surface area contributed by atoms with Gasteiger partial charge in [-0.15, -0.1) is 0 Å². The fourth-order valence-electron chi connectivity index (χ4n) is 1.59. The van der Waals surface area contributed by atoms with Crippen molar-refractivity contribution in [3.63, 3.8) is 0 Å². The van der Waals surface area contributed by atoms with Crippen LogP contribution < -0.4 is 11.1 Å². The van der Waals surface area contributed by atoms with Crippen LogP contribution in [-0.2, 0) is 4.74 Å². The van der Waals surface area contributed by atoms with Crippen molar-refractivity contribution in [3.8, 4) is 0 Å². The summed E-state index contributed by atoms with van der Waals surface area (Å²) in [5.41, 5.74) is 5.98. The number of nitrogens with one attached hydrogen (secondary N) is 1. The van der Waals surface area contributed by atoms with Crippen LogP contribution in [0.1, 0.15) is 37.0 Å². The summed E-state index contributed by atoms with van der Waals surface area (Å²) in [6.45, 7) is 5.18. The minimum Gasteiger partial charge on any atom is -0.399 e. The van der Waals surface area contributed by atoms with E-state index in [9.17, 15) is 9.18 Å². The molecule has 3 N–H and O–H groups in total. The summed E-state index contributed by atoms with van der Waals surface area (Å²) in [6, 6.07) is 3.81. The molecular formula is C14H21FN2O2. The van der Waals surface area contributed by atoms with E-state index in [1.165, 1.54) is 18.2 Å². The average molecular weight is 268 g/mol. The Labute approximate surface area is 113 Å². The monoisotopic (exact) mass is 268 g/mol. The zero-order chi connectivity index (χ0) is 14.3. The fraction of sp³-hybridized carbons (Fsp3) is 0.500. The van der Waals surface area contributed by atoms with Gasteiger partial charge in [-0.3, -0.25) is 4.79 Å². The van der Waals surface area contributed by atoms with Crippen LogP contribution in [0.5, 0.6) is 0 Å². The van der Waals surface area contributed by atoms with Crippen LogP contribution in [-0.4, -0.2) is 25.2 Å². The highest BCUT2D eigenvalue weighted by molar-refractivity contribution is 5.95. The molecule has 1 rings (SSSR count). The zero-order valence-electron chi connectivity index (χ0n) is 11.4. The Morgan fingerprint density at radius 1 is 1.37 bits per heavy atom. The van der Waals surface area contributed by atoms with Crippen molar-refractivity contribution in [2.75, 3.05) is 18.9 Å². The number of nitrogens with two attached hydrogens (primary N) is 1. The third kappa shape index (κ3) is 6.20. The summed E-state index contributed by atoms with van der Waals surface area (Å²) in [5.74, 6) is -0.813. The van der Waals surface area contributed by atoms with Gasteiger partial charge in [0, 0.05) is 24.4 Å². The highest BCUT2D eigenvalue weighted by atomic mass is 19.1. The largest absolute Gasteiger partial charge is 0.399 e. The van der Waals surface area contributed by atoms with E-state index in [1.54, 1.807) is 0 Å². The molecule has 0 atom stereocenters. The molecule has 0 fully saturated rings. The molecule has 0 saturated heterocycles. The van der Waals surface area contributed by atoms with Gasteiger partial charge in [-0.25, -0.2) is 4.39 Å². The van der Waals surface area contributed by atoms with E-state index >= 15 is 0 Å². The Morgan fingerprint density at radius 3 is 2.74 bits per heavy atom. The molecule has 0 spiro atoms. The Morgan fingerprint density at radius 2 is 2.11 bits per heavy atom. The maximum absolute atomic E-state index is 13.1. The number of ether oxygens (including phenoxy) is 1. The standard InChI is InChI=1S/C14H21FN2O2/c1-10(2)19-6-4-3-5-17-14(18)11-7-12(15)9-13(16)8-11/h7-10H,3-6,16H2,1-2H3,(H,17,18). The van der Waals surface area contributed by atoms with Gasteiger partial charge < -0.3 is 15.8 Å². The summed E-state index contributed by atoms with van der Waals surface area (Å²) < 4.78 is 18.5. The van der Waals surface area contributed by atoms with Crippen LogP contribution >= 0.6 is 0 Å². The summed E-state index contributed by atoms with van der Waals surface area (Å²) in [7, 11) is 0. The molecule has 5 heteroatoms. The molecule has 106 valence electrons. The minimum absolute atomic E-state index is 0.227. The number of amides is 1. The van der Waals surface area contributed by atoms with Crippen molar-refractivity contribution in [2.45, 2.75) is 32.8 Å². The molecule has 0 aliphatic carbocycles. The molecule has 0 aliphatic heterocycles.